The van der Waals surface area contributed by atoms with E-state index in [1.807, 2.05) is 12.1 Å². The van der Waals surface area contributed by atoms with Gasteiger partial charge in [0.15, 0.2) is 11.5 Å². The quantitative estimate of drug-likeness (QED) is 0.881. The van der Waals surface area contributed by atoms with Gasteiger partial charge < -0.3 is 14.5 Å². The molecule has 0 aliphatic heterocycles. The lowest BCUT2D eigenvalue weighted by Crippen LogP contribution is -1.89. The Hall–Kier alpha value is -1.71. The van der Waals surface area contributed by atoms with Gasteiger partial charge in [0.2, 0.25) is 0 Å². The van der Waals surface area contributed by atoms with E-state index in [-0.39, 0.29) is 0 Å². The number of imidazole rings is 1. The van der Waals surface area contributed by atoms with Crippen LogP contribution in [0.4, 0.5) is 0 Å². The molecule has 3 rings (SSSR count). The van der Waals surface area contributed by atoms with E-state index < -0.39 is 0 Å². The minimum Gasteiger partial charge on any atom is -0.493 e. The van der Waals surface area contributed by atoms with Crippen LogP contribution in [0.3, 0.4) is 0 Å². The summed E-state index contributed by atoms with van der Waals surface area (Å²) in [5.41, 5.74) is 1.96. The molecule has 1 fully saturated rings. The van der Waals surface area contributed by atoms with E-state index in [0.717, 1.165) is 40.7 Å². The topological polar surface area (TPSA) is 47.1 Å². The number of nitrogens with zero attached hydrogens (tertiary/aromatic N) is 1. The summed E-state index contributed by atoms with van der Waals surface area (Å²) in [4.78, 5) is 7.93. The Morgan fingerprint density at radius 3 is 2.59 bits per heavy atom. The van der Waals surface area contributed by atoms with Gasteiger partial charge >= 0.3 is 0 Å². The van der Waals surface area contributed by atoms with Crippen LogP contribution in [-0.4, -0.2) is 24.2 Å². The van der Waals surface area contributed by atoms with E-state index in [4.69, 9.17) is 9.47 Å². The molecule has 0 saturated heterocycles. The average Bonchev–Trinajstić information content (AvgIpc) is 3.06. The van der Waals surface area contributed by atoms with Crippen molar-refractivity contribution in [3.63, 3.8) is 0 Å². The van der Waals surface area contributed by atoms with Crippen LogP contribution >= 0.6 is 0 Å². The maximum absolute atomic E-state index is 5.27. The second-order valence-electron chi connectivity index (χ2n) is 4.56. The Kier molecular flexibility index (Phi) is 2.42. The molecule has 1 aliphatic rings. The number of aromatic nitrogens is 2. The number of H-pyrrole nitrogens is 1. The summed E-state index contributed by atoms with van der Waals surface area (Å²) in [7, 11) is 3.28. The second-order valence-corrected chi connectivity index (χ2v) is 4.56. The normalized spacial score (nSPS) is 15.2. The van der Waals surface area contributed by atoms with E-state index in [2.05, 4.69) is 9.97 Å². The van der Waals surface area contributed by atoms with E-state index in [0.29, 0.717) is 0 Å². The fourth-order valence-corrected chi connectivity index (χ4v) is 2.08. The SMILES string of the molecule is COc1cc2nc(CC3CC3)[nH]c2cc1OC. The smallest absolute Gasteiger partial charge is 0.163 e. The maximum Gasteiger partial charge on any atom is 0.163 e. The molecular weight excluding hydrogens is 216 g/mol. The van der Waals surface area contributed by atoms with Crippen LogP contribution in [0.15, 0.2) is 12.1 Å². The second kappa shape index (κ2) is 3.95. The molecule has 1 heterocycles. The first-order valence-electron chi connectivity index (χ1n) is 5.90. The monoisotopic (exact) mass is 232 g/mol. The molecule has 1 aliphatic carbocycles. The largest absolute Gasteiger partial charge is 0.493 e. The molecule has 4 nitrogen and oxygen atoms in total. The van der Waals surface area contributed by atoms with Crippen molar-refractivity contribution in [1.29, 1.82) is 0 Å². The number of fused-ring (bicyclic) bond motifs is 1. The minimum atomic E-state index is 0.726. The summed E-state index contributed by atoms with van der Waals surface area (Å²) in [6.45, 7) is 0. The van der Waals surface area contributed by atoms with Crippen LogP contribution in [0.5, 0.6) is 11.5 Å². The third-order valence-corrected chi connectivity index (χ3v) is 3.22. The molecule has 0 amide bonds. The summed E-state index contributed by atoms with van der Waals surface area (Å²) in [6.07, 6.45) is 3.73. The van der Waals surface area contributed by atoms with Crippen molar-refractivity contribution < 1.29 is 9.47 Å². The van der Waals surface area contributed by atoms with Crippen LogP contribution in [-0.2, 0) is 6.42 Å². The Balaban J connectivity index is 2.01. The molecule has 0 spiro atoms. The Bertz CT molecular complexity index is 503. The molecule has 0 bridgehead atoms. The maximum atomic E-state index is 5.27. The first-order valence-corrected chi connectivity index (χ1v) is 5.90. The molecule has 0 radical (unpaired) electrons. The van der Waals surface area contributed by atoms with Gasteiger partial charge in [0.1, 0.15) is 5.82 Å². The highest BCUT2D eigenvalue weighted by molar-refractivity contribution is 5.79. The molecule has 0 unspecified atom stereocenters. The summed E-state index contributed by atoms with van der Waals surface area (Å²) in [5, 5.41) is 0. The van der Waals surface area contributed by atoms with Crippen LogP contribution in [0.25, 0.3) is 11.0 Å². The fraction of sp³-hybridized carbons (Fsp3) is 0.462. The van der Waals surface area contributed by atoms with Gasteiger partial charge in [0.25, 0.3) is 0 Å². The number of hydrogen-bond acceptors (Lipinski definition) is 3. The number of hydrogen-bond donors (Lipinski definition) is 1. The van der Waals surface area contributed by atoms with Crippen molar-refractivity contribution in [2.75, 3.05) is 14.2 Å². The zero-order chi connectivity index (χ0) is 11.8. The van der Waals surface area contributed by atoms with Crippen molar-refractivity contribution in [2.24, 2.45) is 5.92 Å². The zero-order valence-electron chi connectivity index (χ0n) is 10.1. The first kappa shape index (κ1) is 10.4. The van der Waals surface area contributed by atoms with Crippen molar-refractivity contribution in [3.05, 3.63) is 18.0 Å². The summed E-state index contributed by atoms with van der Waals surface area (Å²) in [5.74, 6) is 3.36. The predicted molar refractivity (Wildman–Crippen MR) is 65.6 cm³/mol. The molecule has 1 N–H and O–H groups in total. The van der Waals surface area contributed by atoms with Gasteiger partial charge in [-0.2, -0.15) is 0 Å². The third-order valence-electron chi connectivity index (χ3n) is 3.22. The van der Waals surface area contributed by atoms with E-state index in [9.17, 15) is 0 Å². The summed E-state index contributed by atoms with van der Waals surface area (Å²) in [6, 6.07) is 3.86. The number of benzene rings is 1. The van der Waals surface area contributed by atoms with E-state index in [1.165, 1.54) is 12.8 Å². The lowest BCUT2D eigenvalue weighted by molar-refractivity contribution is 0.356. The number of rotatable bonds is 4. The molecule has 90 valence electrons. The standard InChI is InChI=1S/C13H16N2O2/c1-16-11-6-9-10(7-12(11)17-2)15-13(14-9)5-8-3-4-8/h6-8H,3-5H2,1-2H3,(H,14,15). The van der Waals surface area contributed by atoms with Crippen molar-refractivity contribution in [1.82, 2.24) is 9.97 Å². The molecule has 4 heteroatoms. The molecule has 1 aromatic heterocycles. The van der Waals surface area contributed by atoms with Crippen LogP contribution in [0.1, 0.15) is 18.7 Å². The van der Waals surface area contributed by atoms with Gasteiger partial charge in [0, 0.05) is 18.6 Å². The van der Waals surface area contributed by atoms with Crippen LogP contribution < -0.4 is 9.47 Å². The number of ether oxygens (including phenoxy) is 2. The average molecular weight is 232 g/mol. The first-order chi connectivity index (χ1) is 8.30. The van der Waals surface area contributed by atoms with Crippen LogP contribution in [0, 0.1) is 5.92 Å². The van der Waals surface area contributed by atoms with Crippen molar-refractivity contribution in [3.8, 4) is 11.5 Å². The van der Waals surface area contributed by atoms with Gasteiger partial charge in [-0.25, -0.2) is 4.98 Å². The number of methoxy groups -OCH3 is 2. The van der Waals surface area contributed by atoms with Gasteiger partial charge in [-0.05, 0) is 18.8 Å². The lowest BCUT2D eigenvalue weighted by Gasteiger charge is -2.06. The zero-order valence-corrected chi connectivity index (χ0v) is 10.1. The van der Waals surface area contributed by atoms with Gasteiger partial charge in [-0.1, -0.05) is 0 Å². The molecule has 17 heavy (non-hydrogen) atoms. The third kappa shape index (κ3) is 1.95. The highest BCUT2D eigenvalue weighted by Crippen LogP contribution is 2.34. The highest BCUT2D eigenvalue weighted by Gasteiger charge is 2.23. The highest BCUT2D eigenvalue weighted by atomic mass is 16.5. The van der Waals surface area contributed by atoms with Crippen molar-refractivity contribution >= 4 is 11.0 Å². The number of nitrogens with one attached hydrogen (secondary N) is 1. The molecule has 2 aromatic rings. The summed E-state index contributed by atoms with van der Waals surface area (Å²) >= 11 is 0. The lowest BCUT2D eigenvalue weighted by atomic mass is 10.3. The van der Waals surface area contributed by atoms with Gasteiger partial charge in [-0.3, -0.25) is 0 Å². The van der Waals surface area contributed by atoms with Gasteiger partial charge in [0.05, 0.1) is 25.3 Å². The Morgan fingerprint density at radius 1 is 1.24 bits per heavy atom. The minimum absolute atomic E-state index is 0.726. The Labute approximate surface area is 100.0 Å². The molecule has 0 atom stereocenters. The van der Waals surface area contributed by atoms with Crippen molar-refractivity contribution in [2.45, 2.75) is 19.3 Å². The van der Waals surface area contributed by atoms with Gasteiger partial charge in [-0.15, -0.1) is 0 Å². The molecular formula is C13H16N2O2. The predicted octanol–water partition coefficient (Wildman–Crippen LogP) is 2.53. The Morgan fingerprint density at radius 2 is 1.94 bits per heavy atom. The number of aromatic amines is 1. The summed E-state index contributed by atoms with van der Waals surface area (Å²) < 4.78 is 10.5. The van der Waals surface area contributed by atoms with E-state index in [1.54, 1.807) is 14.2 Å². The van der Waals surface area contributed by atoms with E-state index >= 15 is 0 Å². The van der Waals surface area contributed by atoms with Crippen LogP contribution in [0.2, 0.25) is 0 Å². The fourth-order valence-electron chi connectivity index (χ4n) is 2.08. The molecule has 1 saturated carbocycles. The molecule has 1 aromatic carbocycles.